The van der Waals surface area contributed by atoms with Crippen LogP contribution in [0.3, 0.4) is 0 Å². The van der Waals surface area contributed by atoms with Crippen molar-refractivity contribution >= 4 is 27.5 Å². The van der Waals surface area contributed by atoms with Crippen LogP contribution in [0.15, 0.2) is 22.8 Å². The van der Waals surface area contributed by atoms with Crippen LogP contribution in [0, 0.1) is 0 Å². The molecule has 1 atom stereocenters. The molecular weight excluding hydrogens is 318 g/mol. The summed E-state index contributed by atoms with van der Waals surface area (Å²) in [7, 11) is 3.20. The topological polar surface area (TPSA) is 70.3 Å². The van der Waals surface area contributed by atoms with Crippen LogP contribution >= 0.6 is 27.5 Å². The molecular formula is C11H12BrN3O2S. The fourth-order valence-corrected chi connectivity index (χ4v) is 2.84. The quantitative estimate of drug-likeness (QED) is 0.932. The van der Waals surface area contributed by atoms with Crippen LogP contribution < -0.4 is 15.2 Å². The summed E-state index contributed by atoms with van der Waals surface area (Å²) < 4.78 is 15.2. The van der Waals surface area contributed by atoms with Gasteiger partial charge in [0, 0.05) is 5.56 Å². The maximum Gasteiger partial charge on any atom is 0.141 e. The SMILES string of the molecule is COc1ccc(C(N)c2cnns2)c(OC)c1Br. The van der Waals surface area contributed by atoms with Crippen LogP contribution in [0.1, 0.15) is 16.5 Å². The molecule has 1 heterocycles. The molecule has 0 fully saturated rings. The number of hydrogen-bond donors (Lipinski definition) is 1. The van der Waals surface area contributed by atoms with Gasteiger partial charge < -0.3 is 15.2 Å². The predicted octanol–water partition coefficient (Wildman–Crippen LogP) is 2.37. The summed E-state index contributed by atoms with van der Waals surface area (Å²) in [6, 6.07) is 3.41. The Kier molecular flexibility index (Phi) is 4.15. The van der Waals surface area contributed by atoms with Gasteiger partial charge in [0.25, 0.3) is 0 Å². The van der Waals surface area contributed by atoms with Gasteiger partial charge in [-0.2, -0.15) is 0 Å². The summed E-state index contributed by atoms with van der Waals surface area (Å²) >= 11 is 4.72. The fourth-order valence-electron chi connectivity index (χ4n) is 1.63. The molecule has 0 saturated carbocycles. The van der Waals surface area contributed by atoms with E-state index in [0.29, 0.717) is 11.5 Å². The first-order valence-electron chi connectivity index (χ1n) is 5.12. The Morgan fingerprint density at radius 2 is 2.11 bits per heavy atom. The van der Waals surface area contributed by atoms with E-state index < -0.39 is 0 Å². The number of rotatable bonds is 4. The summed E-state index contributed by atoms with van der Waals surface area (Å²) in [5.74, 6) is 1.36. The third-order valence-corrected chi connectivity index (χ3v) is 4.03. The van der Waals surface area contributed by atoms with Gasteiger partial charge in [0.05, 0.1) is 31.3 Å². The average Bonchev–Trinajstić information content (AvgIpc) is 2.91. The Labute approximate surface area is 117 Å². The van der Waals surface area contributed by atoms with E-state index >= 15 is 0 Å². The largest absolute Gasteiger partial charge is 0.495 e. The summed E-state index contributed by atoms with van der Waals surface area (Å²) in [5.41, 5.74) is 7.04. The number of nitrogens with two attached hydrogens (primary N) is 1. The van der Waals surface area contributed by atoms with Crippen LogP contribution in [0.2, 0.25) is 0 Å². The molecule has 5 nitrogen and oxygen atoms in total. The highest BCUT2D eigenvalue weighted by Crippen LogP contribution is 2.40. The Morgan fingerprint density at radius 3 is 2.67 bits per heavy atom. The standard InChI is InChI=1S/C11H12BrN3O2S/c1-16-7-4-3-6(11(17-2)9(7)12)10(13)8-5-14-15-18-8/h3-5,10H,13H2,1-2H3. The number of methoxy groups -OCH3 is 2. The van der Waals surface area contributed by atoms with Crippen molar-refractivity contribution in [2.24, 2.45) is 5.73 Å². The van der Waals surface area contributed by atoms with E-state index in [4.69, 9.17) is 15.2 Å². The Balaban J connectivity index is 2.48. The highest BCUT2D eigenvalue weighted by molar-refractivity contribution is 9.10. The molecule has 2 rings (SSSR count). The zero-order valence-corrected chi connectivity index (χ0v) is 12.3. The van der Waals surface area contributed by atoms with Crippen molar-refractivity contribution in [2.75, 3.05) is 14.2 Å². The highest BCUT2D eigenvalue weighted by Gasteiger charge is 2.20. The van der Waals surface area contributed by atoms with E-state index in [-0.39, 0.29) is 6.04 Å². The zero-order valence-electron chi connectivity index (χ0n) is 9.88. The number of ether oxygens (including phenoxy) is 2. The number of halogens is 1. The average molecular weight is 330 g/mol. The lowest BCUT2D eigenvalue weighted by atomic mass is 10.1. The molecule has 18 heavy (non-hydrogen) atoms. The van der Waals surface area contributed by atoms with E-state index in [1.807, 2.05) is 12.1 Å². The predicted molar refractivity (Wildman–Crippen MR) is 73.2 cm³/mol. The monoisotopic (exact) mass is 329 g/mol. The third kappa shape index (κ3) is 2.33. The Bertz CT molecular complexity index is 533. The maximum atomic E-state index is 6.19. The summed E-state index contributed by atoms with van der Waals surface area (Å²) in [6.45, 7) is 0. The maximum absolute atomic E-state index is 6.19. The van der Waals surface area contributed by atoms with Crippen molar-refractivity contribution in [3.8, 4) is 11.5 Å². The van der Waals surface area contributed by atoms with Gasteiger partial charge in [-0.25, -0.2) is 0 Å². The zero-order chi connectivity index (χ0) is 13.1. The van der Waals surface area contributed by atoms with Crippen molar-refractivity contribution < 1.29 is 9.47 Å². The van der Waals surface area contributed by atoms with Crippen molar-refractivity contribution in [3.05, 3.63) is 33.2 Å². The molecule has 1 aromatic heterocycles. The minimum atomic E-state index is -0.317. The molecule has 0 aliphatic carbocycles. The number of hydrogen-bond acceptors (Lipinski definition) is 6. The molecule has 0 aliphatic heterocycles. The first-order valence-corrected chi connectivity index (χ1v) is 6.69. The van der Waals surface area contributed by atoms with Crippen molar-refractivity contribution in [1.29, 1.82) is 0 Å². The second-order valence-corrected chi connectivity index (χ2v) is 5.11. The van der Waals surface area contributed by atoms with Crippen LogP contribution in [-0.2, 0) is 0 Å². The van der Waals surface area contributed by atoms with Gasteiger partial charge in [0.1, 0.15) is 16.0 Å². The van der Waals surface area contributed by atoms with E-state index in [0.717, 1.165) is 14.9 Å². The van der Waals surface area contributed by atoms with Gasteiger partial charge in [-0.15, -0.1) is 5.10 Å². The first-order chi connectivity index (χ1) is 8.69. The van der Waals surface area contributed by atoms with Crippen LogP contribution in [-0.4, -0.2) is 23.8 Å². The van der Waals surface area contributed by atoms with E-state index in [2.05, 4.69) is 25.5 Å². The lowest BCUT2D eigenvalue weighted by Crippen LogP contribution is -2.12. The third-order valence-electron chi connectivity index (χ3n) is 2.54. The first kappa shape index (κ1) is 13.3. The lowest BCUT2D eigenvalue weighted by molar-refractivity contribution is 0.385. The Morgan fingerprint density at radius 1 is 1.33 bits per heavy atom. The molecule has 0 aliphatic rings. The number of benzene rings is 1. The second kappa shape index (κ2) is 5.64. The van der Waals surface area contributed by atoms with E-state index in [1.54, 1.807) is 20.4 Å². The minimum Gasteiger partial charge on any atom is -0.495 e. The summed E-state index contributed by atoms with van der Waals surface area (Å²) in [5, 5.41) is 3.79. The second-order valence-electron chi connectivity index (χ2n) is 3.50. The number of nitrogens with zero attached hydrogens (tertiary/aromatic N) is 2. The smallest absolute Gasteiger partial charge is 0.141 e. The molecule has 1 aromatic carbocycles. The fraction of sp³-hybridized carbons (Fsp3) is 0.273. The van der Waals surface area contributed by atoms with Crippen LogP contribution in [0.4, 0.5) is 0 Å². The van der Waals surface area contributed by atoms with Gasteiger partial charge in [0.15, 0.2) is 0 Å². The molecule has 7 heteroatoms. The van der Waals surface area contributed by atoms with Crippen LogP contribution in [0.25, 0.3) is 0 Å². The lowest BCUT2D eigenvalue weighted by Gasteiger charge is -2.16. The molecule has 0 saturated heterocycles. The minimum absolute atomic E-state index is 0.317. The summed E-state index contributed by atoms with van der Waals surface area (Å²) in [4.78, 5) is 0.880. The van der Waals surface area contributed by atoms with Crippen molar-refractivity contribution in [3.63, 3.8) is 0 Å². The molecule has 0 radical (unpaired) electrons. The van der Waals surface area contributed by atoms with Crippen molar-refractivity contribution in [1.82, 2.24) is 9.59 Å². The number of aromatic nitrogens is 2. The van der Waals surface area contributed by atoms with Gasteiger partial charge in [-0.1, -0.05) is 4.49 Å². The molecule has 96 valence electrons. The molecule has 2 aromatic rings. The van der Waals surface area contributed by atoms with Crippen molar-refractivity contribution in [2.45, 2.75) is 6.04 Å². The van der Waals surface area contributed by atoms with E-state index in [9.17, 15) is 0 Å². The Hall–Kier alpha value is -1.18. The van der Waals surface area contributed by atoms with E-state index in [1.165, 1.54) is 11.5 Å². The van der Waals surface area contributed by atoms with Gasteiger partial charge in [-0.3, -0.25) is 0 Å². The molecule has 1 unspecified atom stereocenters. The van der Waals surface area contributed by atoms with Gasteiger partial charge >= 0.3 is 0 Å². The molecule has 0 spiro atoms. The summed E-state index contributed by atoms with van der Waals surface area (Å²) in [6.07, 6.45) is 1.66. The highest BCUT2D eigenvalue weighted by atomic mass is 79.9. The van der Waals surface area contributed by atoms with Crippen LogP contribution in [0.5, 0.6) is 11.5 Å². The molecule has 0 bridgehead atoms. The molecule has 0 amide bonds. The normalized spacial score (nSPS) is 12.2. The van der Waals surface area contributed by atoms with Gasteiger partial charge in [-0.05, 0) is 39.6 Å². The molecule has 2 N–H and O–H groups in total. The van der Waals surface area contributed by atoms with Gasteiger partial charge in [0.2, 0.25) is 0 Å².